The highest BCUT2D eigenvalue weighted by Gasteiger charge is 2.18. The van der Waals surface area contributed by atoms with Gasteiger partial charge in [-0.1, -0.05) is 35.7 Å². The molecule has 1 aromatic rings. The van der Waals surface area contributed by atoms with Crippen molar-refractivity contribution in [2.45, 2.75) is 25.3 Å². The van der Waals surface area contributed by atoms with Crippen molar-refractivity contribution in [1.82, 2.24) is 10.4 Å². The number of nitrogens with one attached hydrogen (secondary N) is 1. The number of halogens is 2. The molecule has 100 valence electrons. The summed E-state index contributed by atoms with van der Waals surface area (Å²) in [5, 5.41) is 3.56. The minimum Gasteiger partial charge on any atom is -0.329 e. The lowest BCUT2D eigenvalue weighted by atomic mass is 10.1. The van der Waals surface area contributed by atoms with Crippen LogP contribution in [0.1, 0.15) is 30.9 Å². The van der Waals surface area contributed by atoms with E-state index in [2.05, 4.69) is 10.4 Å². The minimum absolute atomic E-state index is 0.0490. The zero-order valence-corrected chi connectivity index (χ0v) is 11.8. The molecule has 1 atom stereocenters. The summed E-state index contributed by atoms with van der Waals surface area (Å²) in [6.45, 7) is 2.65. The number of rotatable bonds is 4. The summed E-state index contributed by atoms with van der Waals surface area (Å²) in [5.41, 5.74) is 10.3. The summed E-state index contributed by atoms with van der Waals surface area (Å²) < 4.78 is 0. The predicted molar refractivity (Wildman–Crippen MR) is 76.8 cm³/mol. The molecule has 0 aliphatic carbocycles. The molecule has 1 aromatic carbocycles. The Labute approximate surface area is 118 Å². The standard InChI is InChI=1S/C13H19Cl2N3/c14-10-4-5-11(12(15)8-10)13(9-16)17-18-6-2-1-3-7-18/h4-5,8,13,17H,1-3,6-7,9,16H2. The van der Waals surface area contributed by atoms with Gasteiger partial charge in [-0.15, -0.1) is 0 Å². The Bertz CT molecular complexity index is 392. The van der Waals surface area contributed by atoms with E-state index in [1.165, 1.54) is 19.3 Å². The van der Waals surface area contributed by atoms with E-state index in [0.717, 1.165) is 18.7 Å². The highest BCUT2D eigenvalue weighted by molar-refractivity contribution is 6.35. The van der Waals surface area contributed by atoms with E-state index >= 15 is 0 Å². The molecule has 1 aliphatic rings. The van der Waals surface area contributed by atoms with Gasteiger partial charge in [-0.3, -0.25) is 0 Å². The first kappa shape index (κ1) is 14.1. The quantitative estimate of drug-likeness (QED) is 0.895. The molecule has 1 fully saturated rings. The number of nitrogens with two attached hydrogens (primary N) is 1. The van der Waals surface area contributed by atoms with Crippen molar-refractivity contribution in [3.63, 3.8) is 0 Å². The van der Waals surface area contributed by atoms with Gasteiger partial charge in [-0.25, -0.2) is 10.4 Å². The molecule has 1 unspecified atom stereocenters. The molecule has 0 aromatic heterocycles. The minimum atomic E-state index is 0.0490. The van der Waals surface area contributed by atoms with Crippen LogP contribution < -0.4 is 11.2 Å². The second-order valence-electron chi connectivity index (χ2n) is 4.63. The second-order valence-corrected chi connectivity index (χ2v) is 5.47. The maximum absolute atomic E-state index is 6.22. The Kier molecular flexibility index (Phi) is 5.27. The SMILES string of the molecule is NCC(NN1CCCCC1)c1ccc(Cl)cc1Cl. The largest absolute Gasteiger partial charge is 0.329 e. The molecule has 1 heterocycles. The third kappa shape index (κ3) is 3.59. The molecular formula is C13H19Cl2N3. The van der Waals surface area contributed by atoms with Gasteiger partial charge in [0.05, 0.1) is 6.04 Å². The van der Waals surface area contributed by atoms with Gasteiger partial charge in [0.2, 0.25) is 0 Å². The van der Waals surface area contributed by atoms with Gasteiger partial charge in [-0.2, -0.15) is 0 Å². The van der Waals surface area contributed by atoms with Crippen molar-refractivity contribution >= 4 is 23.2 Å². The third-order valence-electron chi connectivity index (χ3n) is 3.27. The normalized spacial score (nSPS) is 18.8. The van der Waals surface area contributed by atoms with E-state index in [-0.39, 0.29) is 6.04 Å². The molecule has 18 heavy (non-hydrogen) atoms. The number of piperidine rings is 1. The van der Waals surface area contributed by atoms with Crippen LogP contribution >= 0.6 is 23.2 Å². The zero-order chi connectivity index (χ0) is 13.0. The molecule has 0 spiro atoms. The van der Waals surface area contributed by atoms with E-state index in [0.29, 0.717) is 16.6 Å². The molecule has 0 amide bonds. The fourth-order valence-electron chi connectivity index (χ4n) is 2.28. The highest BCUT2D eigenvalue weighted by atomic mass is 35.5. The number of benzene rings is 1. The molecular weight excluding hydrogens is 269 g/mol. The van der Waals surface area contributed by atoms with Gasteiger partial charge in [0.25, 0.3) is 0 Å². The molecule has 0 radical (unpaired) electrons. The summed E-state index contributed by atoms with van der Waals surface area (Å²) >= 11 is 12.1. The molecule has 2 rings (SSSR count). The fraction of sp³-hybridized carbons (Fsp3) is 0.538. The van der Waals surface area contributed by atoms with Gasteiger partial charge < -0.3 is 5.73 Å². The number of hydrogen-bond donors (Lipinski definition) is 2. The zero-order valence-electron chi connectivity index (χ0n) is 10.3. The van der Waals surface area contributed by atoms with Gasteiger partial charge >= 0.3 is 0 Å². The summed E-state index contributed by atoms with van der Waals surface area (Å²) in [6.07, 6.45) is 3.78. The lowest BCUT2D eigenvalue weighted by Crippen LogP contribution is -2.45. The molecule has 1 aliphatic heterocycles. The van der Waals surface area contributed by atoms with E-state index in [1.54, 1.807) is 6.07 Å². The van der Waals surface area contributed by atoms with Crippen LogP contribution in [0.4, 0.5) is 0 Å². The van der Waals surface area contributed by atoms with Crippen LogP contribution in [0.2, 0.25) is 10.0 Å². The van der Waals surface area contributed by atoms with E-state index in [1.807, 2.05) is 12.1 Å². The smallest absolute Gasteiger partial charge is 0.0601 e. The third-order valence-corrected chi connectivity index (χ3v) is 3.83. The number of hydrogen-bond acceptors (Lipinski definition) is 3. The summed E-state index contributed by atoms with van der Waals surface area (Å²) in [4.78, 5) is 0. The summed E-state index contributed by atoms with van der Waals surface area (Å²) in [7, 11) is 0. The van der Waals surface area contributed by atoms with E-state index < -0.39 is 0 Å². The Balaban J connectivity index is 2.07. The Morgan fingerprint density at radius 2 is 1.94 bits per heavy atom. The average Bonchev–Trinajstić information content (AvgIpc) is 2.38. The molecule has 0 bridgehead atoms. The first-order valence-electron chi connectivity index (χ1n) is 6.37. The van der Waals surface area contributed by atoms with Crippen LogP contribution in [0.3, 0.4) is 0 Å². The van der Waals surface area contributed by atoms with Crippen molar-refractivity contribution in [1.29, 1.82) is 0 Å². The predicted octanol–water partition coefficient (Wildman–Crippen LogP) is 2.98. The summed E-state index contributed by atoms with van der Waals surface area (Å²) in [5.74, 6) is 0. The molecule has 3 nitrogen and oxygen atoms in total. The molecule has 3 N–H and O–H groups in total. The average molecular weight is 288 g/mol. The Morgan fingerprint density at radius 3 is 2.56 bits per heavy atom. The van der Waals surface area contributed by atoms with Gasteiger partial charge in [0.15, 0.2) is 0 Å². The maximum Gasteiger partial charge on any atom is 0.0601 e. The molecule has 5 heteroatoms. The lowest BCUT2D eigenvalue weighted by Gasteiger charge is -2.31. The second kappa shape index (κ2) is 6.73. The van der Waals surface area contributed by atoms with Crippen molar-refractivity contribution in [2.75, 3.05) is 19.6 Å². The molecule has 0 saturated carbocycles. The van der Waals surface area contributed by atoms with Crippen molar-refractivity contribution < 1.29 is 0 Å². The van der Waals surface area contributed by atoms with Crippen LogP contribution in [0.15, 0.2) is 18.2 Å². The van der Waals surface area contributed by atoms with Gasteiger partial charge in [0.1, 0.15) is 0 Å². The summed E-state index contributed by atoms with van der Waals surface area (Å²) in [6, 6.07) is 5.61. The van der Waals surface area contributed by atoms with E-state index in [4.69, 9.17) is 28.9 Å². The first-order valence-corrected chi connectivity index (χ1v) is 7.12. The van der Waals surface area contributed by atoms with Gasteiger partial charge in [0, 0.05) is 29.7 Å². The monoisotopic (exact) mass is 287 g/mol. The van der Waals surface area contributed by atoms with Crippen molar-refractivity contribution in [3.05, 3.63) is 33.8 Å². The van der Waals surface area contributed by atoms with E-state index in [9.17, 15) is 0 Å². The first-order chi connectivity index (χ1) is 8.70. The van der Waals surface area contributed by atoms with Crippen LogP contribution in [-0.4, -0.2) is 24.6 Å². The topological polar surface area (TPSA) is 41.3 Å². The van der Waals surface area contributed by atoms with Crippen molar-refractivity contribution in [3.8, 4) is 0 Å². The van der Waals surface area contributed by atoms with Crippen LogP contribution in [0.25, 0.3) is 0 Å². The van der Waals surface area contributed by atoms with Crippen LogP contribution in [0, 0.1) is 0 Å². The lowest BCUT2D eigenvalue weighted by molar-refractivity contribution is 0.130. The number of nitrogens with zero attached hydrogens (tertiary/aromatic N) is 1. The van der Waals surface area contributed by atoms with Crippen LogP contribution in [0.5, 0.6) is 0 Å². The van der Waals surface area contributed by atoms with Crippen molar-refractivity contribution in [2.24, 2.45) is 5.73 Å². The Hall–Kier alpha value is -0.320. The van der Waals surface area contributed by atoms with Gasteiger partial charge in [-0.05, 0) is 30.5 Å². The number of hydrazine groups is 1. The van der Waals surface area contributed by atoms with Crippen LogP contribution in [-0.2, 0) is 0 Å². The molecule has 1 saturated heterocycles. The maximum atomic E-state index is 6.22. The Morgan fingerprint density at radius 1 is 1.22 bits per heavy atom. The highest BCUT2D eigenvalue weighted by Crippen LogP contribution is 2.26. The fourth-order valence-corrected chi connectivity index (χ4v) is 2.82.